The lowest BCUT2D eigenvalue weighted by Gasteiger charge is -2.03. The van der Waals surface area contributed by atoms with E-state index in [9.17, 15) is 9.59 Å². The summed E-state index contributed by atoms with van der Waals surface area (Å²) in [5.74, 6) is -1.68. The van der Waals surface area contributed by atoms with Gasteiger partial charge in [-0.05, 0) is 0 Å². The first-order valence-corrected chi connectivity index (χ1v) is 3.83. The van der Waals surface area contributed by atoms with E-state index >= 15 is 0 Å². The van der Waals surface area contributed by atoms with Crippen molar-refractivity contribution >= 4 is 21.0 Å². The molecular formula is C6H9N2O4P. The monoisotopic (exact) mass is 204 g/mol. The van der Waals surface area contributed by atoms with Crippen LogP contribution in [0.2, 0.25) is 0 Å². The van der Waals surface area contributed by atoms with Gasteiger partial charge in [-0.2, -0.15) is 0 Å². The van der Waals surface area contributed by atoms with E-state index in [1.807, 2.05) is 0 Å². The lowest BCUT2D eigenvalue weighted by molar-refractivity contribution is -0.132. The van der Waals surface area contributed by atoms with Crippen molar-refractivity contribution in [3.63, 3.8) is 0 Å². The van der Waals surface area contributed by atoms with Crippen LogP contribution in [0, 0.1) is 0 Å². The van der Waals surface area contributed by atoms with Crippen LogP contribution >= 0.6 is 9.03 Å². The average Bonchev–Trinajstić information content (AvgIpc) is 2.03. The van der Waals surface area contributed by atoms with Crippen molar-refractivity contribution in [3.05, 3.63) is 24.6 Å². The zero-order valence-corrected chi connectivity index (χ0v) is 7.70. The van der Waals surface area contributed by atoms with Crippen molar-refractivity contribution in [3.8, 4) is 0 Å². The first-order valence-electron chi connectivity index (χ1n) is 3.01. The maximum absolute atomic E-state index is 10.6. The highest BCUT2D eigenvalue weighted by molar-refractivity contribution is 7.27. The molecule has 7 heteroatoms. The van der Waals surface area contributed by atoms with Gasteiger partial charge in [0.05, 0.1) is 0 Å². The van der Waals surface area contributed by atoms with Crippen LogP contribution in [-0.4, -0.2) is 11.9 Å². The van der Waals surface area contributed by atoms with Gasteiger partial charge in [-0.3, -0.25) is 0 Å². The van der Waals surface area contributed by atoms with E-state index in [0.717, 1.165) is 0 Å². The summed E-state index contributed by atoms with van der Waals surface area (Å²) < 4.78 is 8.70. The molecule has 0 aliphatic carbocycles. The van der Waals surface area contributed by atoms with E-state index in [4.69, 9.17) is 11.5 Å². The first-order chi connectivity index (χ1) is 5.95. The molecule has 0 aromatic heterocycles. The Morgan fingerprint density at radius 2 is 1.31 bits per heavy atom. The van der Waals surface area contributed by atoms with E-state index in [0.29, 0.717) is 0 Å². The van der Waals surface area contributed by atoms with Crippen LogP contribution in [0.25, 0.3) is 0 Å². The maximum atomic E-state index is 10.6. The van der Waals surface area contributed by atoms with Gasteiger partial charge in [0.15, 0.2) is 0 Å². The number of nitrogens with two attached hydrogens (primary N) is 2. The maximum Gasteiger partial charge on any atom is 0.358 e. The van der Waals surface area contributed by atoms with Gasteiger partial charge in [0, 0.05) is 0 Å². The summed E-state index contributed by atoms with van der Waals surface area (Å²) in [6.07, 6.45) is 0. The highest BCUT2D eigenvalue weighted by atomic mass is 31.1. The first kappa shape index (κ1) is 11.4. The van der Waals surface area contributed by atoms with Gasteiger partial charge in [-0.25, -0.2) is 9.59 Å². The highest BCUT2D eigenvalue weighted by Crippen LogP contribution is 2.15. The lowest BCUT2D eigenvalue weighted by Crippen LogP contribution is -2.12. The molecule has 0 fully saturated rings. The molecule has 0 aliphatic rings. The molecule has 0 atom stereocenters. The average molecular weight is 204 g/mol. The Bertz CT molecular complexity index is 237. The molecule has 0 aromatic carbocycles. The zero-order chi connectivity index (χ0) is 10.4. The van der Waals surface area contributed by atoms with Crippen molar-refractivity contribution in [2.75, 3.05) is 0 Å². The molecule has 0 spiro atoms. The van der Waals surface area contributed by atoms with E-state index in [1.54, 1.807) is 0 Å². The smallest absolute Gasteiger partial charge is 0.358 e. The molecular weight excluding hydrogens is 195 g/mol. The Labute approximate surface area is 76.5 Å². The minimum Gasteiger partial charge on any atom is -0.404 e. The predicted octanol–water partition coefficient (Wildman–Crippen LogP) is -0.474. The third kappa shape index (κ3) is 4.81. The topological polar surface area (TPSA) is 105 Å². The third-order valence-electron chi connectivity index (χ3n) is 0.793. The Morgan fingerprint density at radius 3 is 1.54 bits per heavy atom. The molecule has 0 saturated heterocycles. The molecule has 72 valence electrons. The normalized spacial score (nSPS) is 8.62. The van der Waals surface area contributed by atoms with Crippen LogP contribution in [0.1, 0.15) is 0 Å². The summed E-state index contributed by atoms with van der Waals surface area (Å²) >= 11 is 0. The highest BCUT2D eigenvalue weighted by Gasteiger charge is 2.08. The third-order valence-corrected chi connectivity index (χ3v) is 1.33. The van der Waals surface area contributed by atoms with Crippen LogP contribution in [-0.2, 0) is 18.6 Å². The van der Waals surface area contributed by atoms with Crippen LogP contribution < -0.4 is 11.5 Å². The standard InChI is InChI=1S/C6H9N2O4P/c1-3(7)5(9)11-13-12-6(10)4(2)8/h13H,1-2,7-8H2. The van der Waals surface area contributed by atoms with E-state index in [-0.39, 0.29) is 11.4 Å². The molecule has 0 saturated carbocycles. The van der Waals surface area contributed by atoms with Crippen LogP contribution in [0.4, 0.5) is 0 Å². The number of hydrogen-bond acceptors (Lipinski definition) is 6. The lowest BCUT2D eigenvalue weighted by atomic mass is 10.5. The van der Waals surface area contributed by atoms with E-state index in [2.05, 4.69) is 22.2 Å². The minimum absolute atomic E-state index is 0.268. The molecule has 0 amide bonds. The zero-order valence-electron chi connectivity index (χ0n) is 6.70. The second-order valence-electron chi connectivity index (χ2n) is 1.91. The molecule has 0 aromatic rings. The number of carbonyl (C=O) groups excluding carboxylic acids is 2. The quantitative estimate of drug-likeness (QED) is 0.473. The van der Waals surface area contributed by atoms with Crippen LogP contribution in [0.3, 0.4) is 0 Å². The van der Waals surface area contributed by atoms with E-state index in [1.165, 1.54) is 0 Å². The summed E-state index contributed by atoms with van der Waals surface area (Å²) in [7, 11) is -0.802. The van der Waals surface area contributed by atoms with E-state index < -0.39 is 21.0 Å². The SMILES string of the molecule is C=C(N)C(=O)OPOC(=O)C(=C)N. The summed E-state index contributed by atoms with van der Waals surface area (Å²) in [5.41, 5.74) is 9.39. The molecule has 13 heavy (non-hydrogen) atoms. The summed E-state index contributed by atoms with van der Waals surface area (Å²) in [4.78, 5) is 21.2. The molecule has 6 nitrogen and oxygen atoms in total. The fourth-order valence-electron chi connectivity index (χ4n) is 0.228. The molecule has 0 unspecified atom stereocenters. The predicted molar refractivity (Wildman–Crippen MR) is 47.2 cm³/mol. The van der Waals surface area contributed by atoms with Crippen molar-refractivity contribution in [1.82, 2.24) is 0 Å². The van der Waals surface area contributed by atoms with Gasteiger partial charge in [-0.15, -0.1) is 0 Å². The van der Waals surface area contributed by atoms with Crippen molar-refractivity contribution in [1.29, 1.82) is 0 Å². The molecule has 0 radical (unpaired) electrons. The Kier molecular flexibility index (Phi) is 4.54. The Hall–Kier alpha value is -1.55. The van der Waals surface area contributed by atoms with Crippen molar-refractivity contribution in [2.45, 2.75) is 0 Å². The van der Waals surface area contributed by atoms with Crippen LogP contribution in [0.5, 0.6) is 0 Å². The molecule has 0 bridgehead atoms. The molecule has 0 aliphatic heterocycles. The summed E-state index contributed by atoms with van der Waals surface area (Å²) in [6, 6.07) is 0. The number of hydrogen-bond donors (Lipinski definition) is 2. The molecule has 0 rings (SSSR count). The van der Waals surface area contributed by atoms with Crippen molar-refractivity contribution < 1.29 is 18.6 Å². The van der Waals surface area contributed by atoms with Gasteiger partial charge in [0.2, 0.25) is 0 Å². The van der Waals surface area contributed by atoms with Gasteiger partial charge in [0.25, 0.3) is 9.03 Å². The van der Waals surface area contributed by atoms with Gasteiger partial charge < -0.3 is 20.5 Å². The second kappa shape index (κ2) is 5.16. The molecule has 4 N–H and O–H groups in total. The van der Waals surface area contributed by atoms with Crippen molar-refractivity contribution in [2.24, 2.45) is 11.5 Å². The minimum atomic E-state index is -0.839. The number of rotatable bonds is 4. The van der Waals surface area contributed by atoms with Crippen LogP contribution in [0.15, 0.2) is 24.6 Å². The largest absolute Gasteiger partial charge is 0.404 e. The van der Waals surface area contributed by atoms with Gasteiger partial charge >= 0.3 is 11.9 Å². The van der Waals surface area contributed by atoms with Gasteiger partial charge in [0.1, 0.15) is 11.4 Å². The fourth-order valence-corrected chi connectivity index (χ4v) is 0.683. The Morgan fingerprint density at radius 1 is 1.00 bits per heavy atom. The second-order valence-corrected chi connectivity index (χ2v) is 2.49. The van der Waals surface area contributed by atoms with Gasteiger partial charge in [-0.1, -0.05) is 13.2 Å². The summed E-state index contributed by atoms with van der Waals surface area (Å²) in [6.45, 7) is 6.23. The fraction of sp³-hybridized carbons (Fsp3) is 0. The summed E-state index contributed by atoms with van der Waals surface area (Å²) in [5, 5.41) is 0. The molecule has 0 heterocycles. The Balaban J connectivity index is 3.69. The number of carbonyl (C=O) groups is 2.